The van der Waals surface area contributed by atoms with Crippen LogP contribution in [0, 0.1) is 5.92 Å². The summed E-state index contributed by atoms with van der Waals surface area (Å²) in [6.45, 7) is 1.04. The van der Waals surface area contributed by atoms with Gasteiger partial charge >= 0.3 is 0 Å². The second-order valence-electron chi connectivity index (χ2n) is 4.18. The highest BCUT2D eigenvalue weighted by Gasteiger charge is 2.25. The van der Waals surface area contributed by atoms with Gasteiger partial charge in [0.2, 0.25) is 0 Å². The molecule has 1 aromatic carbocycles. The maximum atomic E-state index is 9.67. The summed E-state index contributed by atoms with van der Waals surface area (Å²) in [6, 6.07) is 5.64. The third kappa shape index (κ3) is 2.13. The van der Waals surface area contributed by atoms with Crippen molar-refractivity contribution in [2.45, 2.75) is 12.5 Å². The van der Waals surface area contributed by atoms with E-state index in [0.29, 0.717) is 11.7 Å². The zero-order valence-corrected chi connectivity index (χ0v) is 9.31. The highest BCUT2D eigenvalue weighted by atomic mass is 16.5. The van der Waals surface area contributed by atoms with Crippen LogP contribution < -0.4 is 10.1 Å². The molecule has 1 fully saturated rings. The Labute approximate surface area is 94.9 Å². The predicted molar refractivity (Wildman–Crippen MR) is 60.6 cm³/mol. The fourth-order valence-electron chi connectivity index (χ4n) is 2.13. The molecule has 1 aliphatic rings. The average molecular weight is 223 g/mol. The minimum Gasteiger partial charge on any atom is -0.504 e. The Hall–Kier alpha value is -1.26. The fraction of sp³-hybridized carbons (Fsp3) is 0.500. The molecule has 0 radical (unpaired) electrons. The average Bonchev–Trinajstić information content (AvgIpc) is 2.77. The van der Waals surface area contributed by atoms with Crippen molar-refractivity contribution in [1.29, 1.82) is 0 Å². The molecule has 0 aliphatic carbocycles. The number of aliphatic hydroxyl groups excluding tert-OH is 1. The van der Waals surface area contributed by atoms with Gasteiger partial charge in [-0.15, -0.1) is 0 Å². The van der Waals surface area contributed by atoms with E-state index >= 15 is 0 Å². The molecule has 0 bridgehead atoms. The summed E-state index contributed by atoms with van der Waals surface area (Å²) >= 11 is 0. The largest absolute Gasteiger partial charge is 0.504 e. The first-order valence-electron chi connectivity index (χ1n) is 5.45. The van der Waals surface area contributed by atoms with E-state index in [1.54, 1.807) is 12.1 Å². The number of nitrogens with one attached hydrogen (secondary N) is 1. The quantitative estimate of drug-likeness (QED) is 0.716. The monoisotopic (exact) mass is 223 g/mol. The van der Waals surface area contributed by atoms with Crippen LogP contribution in [0.5, 0.6) is 11.5 Å². The van der Waals surface area contributed by atoms with Gasteiger partial charge in [0.15, 0.2) is 11.5 Å². The standard InChI is InChI=1S/C12H17NO3/c1-16-12-3-2-9(5-11(12)15)10-4-8(7-14)6-13-10/h2-3,5,8,10,13-15H,4,6-7H2,1H3. The maximum absolute atomic E-state index is 9.67. The van der Waals surface area contributed by atoms with E-state index in [2.05, 4.69) is 5.32 Å². The molecule has 0 aromatic heterocycles. The van der Waals surface area contributed by atoms with Crippen LogP contribution in [-0.4, -0.2) is 30.5 Å². The van der Waals surface area contributed by atoms with Gasteiger partial charge in [0.05, 0.1) is 7.11 Å². The topological polar surface area (TPSA) is 61.7 Å². The highest BCUT2D eigenvalue weighted by molar-refractivity contribution is 5.42. The zero-order valence-electron chi connectivity index (χ0n) is 9.31. The van der Waals surface area contributed by atoms with Crippen molar-refractivity contribution >= 4 is 0 Å². The van der Waals surface area contributed by atoms with Crippen LogP contribution in [0.2, 0.25) is 0 Å². The second kappa shape index (κ2) is 4.72. The summed E-state index contributed by atoms with van der Waals surface area (Å²) in [7, 11) is 1.53. The van der Waals surface area contributed by atoms with Crippen LogP contribution in [0.1, 0.15) is 18.0 Å². The molecule has 4 heteroatoms. The van der Waals surface area contributed by atoms with E-state index in [0.717, 1.165) is 18.5 Å². The maximum Gasteiger partial charge on any atom is 0.160 e. The summed E-state index contributed by atoms with van der Waals surface area (Å²) in [5.74, 6) is 0.962. The minimum atomic E-state index is 0.161. The van der Waals surface area contributed by atoms with Crippen molar-refractivity contribution in [1.82, 2.24) is 5.32 Å². The Bertz CT molecular complexity index is 367. The lowest BCUT2D eigenvalue weighted by Crippen LogP contribution is -2.14. The third-order valence-electron chi connectivity index (χ3n) is 3.09. The van der Waals surface area contributed by atoms with Crippen LogP contribution >= 0.6 is 0 Å². The molecule has 1 aliphatic heterocycles. The molecule has 88 valence electrons. The molecular weight excluding hydrogens is 206 g/mol. The molecule has 1 saturated heterocycles. The number of benzene rings is 1. The van der Waals surface area contributed by atoms with Gasteiger partial charge in [-0.1, -0.05) is 6.07 Å². The number of methoxy groups -OCH3 is 1. The molecule has 2 atom stereocenters. The highest BCUT2D eigenvalue weighted by Crippen LogP contribution is 2.33. The molecule has 1 heterocycles. The molecule has 16 heavy (non-hydrogen) atoms. The smallest absolute Gasteiger partial charge is 0.160 e. The SMILES string of the molecule is COc1ccc(C2CC(CO)CN2)cc1O. The number of rotatable bonds is 3. The molecule has 1 aromatic rings. The second-order valence-corrected chi connectivity index (χ2v) is 4.18. The van der Waals surface area contributed by atoms with Crippen molar-refractivity contribution in [2.24, 2.45) is 5.92 Å². The molecule has 0 spiro atoms. The van der Waals surface area contributed by atoms with Crippen LogP contribution in [0.4, 0.5) is 0 Å². The molecule has 0 amide bonds. The zero-order chi connectivity index (χ0) is 11.5. The van der Waals surface area contributed by atoms with Gasteiger partial charge in [0, 0.05) is 19.2 Å². The first-order chi connectivity index (χ1) is 7.74. The fourth-order valence-corrected chi connectivity index (χ4v) is 2.13. The summed E-state index contributed by atoms with van der Waals surface area (Å²) in [6.07, 6.45) is 0.905. The van der Waals surface area contributed by atoms with Gasteiger partial charge in [-0.3, -0.25) is 0 Å². The van der Waals surface area contributed by atoms with E-state index in [4.69, 9.17) is 9.84 Å². The number of phenolic OH excluding ortho intramolecular Hbond substituents is 1. The third-order valence-corrected chi connectivity index (χ3v) is 3.09. The number of aliphatic hydroxyl groups is 1. The van der Waals surface area contributed by atoms with Gasteiger partial charge in [-0.05, 0) is 30.0 Å². The summed E-state index contributed by atoms with van der Waals surface area (Å²) < 4.78 is 4.99. The van der Waals surface area contributed by atoms with E-state index < -0.39 is 0 Å². The van der Waals surface area contributed by atoms with Crippen molar-refractivity contribution in [2.75, 3.05) is 20.3 Å². The van der Waals surface area contributed by atoms with E-state index in [1.165, 1.54) is 7.11 Å². The lowest BCUT2D eigenvalue weighted by atomic mass is 10.0. The Morgan fingerprint density at radius 3 is 2.88 bits per heavy atom. The van der Waals surface area contributed by atoms with Crippen molar-refractivity contribution in [3.8, 4) is 11.5 Å². The molecule has 2 rings (SSSR count). The molecule has 3 N–H and O–H groups in total. The Balaban J connectivity index is 2.13. The molecule has 2 unspecified atom stereocenters. The number of phenols is 1. The minimum absolute atomic E-state index is 0.161. The summed E-state index contributed by atoms with van der Waals surface area (Å²) in [5, 5.41) is 22.1. The number of ether oxygens (including phenoxy) is 1. The molecule has 0 saturated carbocycles. The van der Waals surface area contributed by atoms with Gasteiger partial charge in [0.25, 0.3) is 0 Å². The van der Waals surface area contributed by atoms with Crippen LogP contribution in [0.25, 0.3) is 0 Å². The van der Waals surface area contributed by atoms with Crippen molar-refractivity contribution < 1.29 is 14.9 Å². The van der Waals surface area contributed by atoms with Gasteiger partial charge in [0.1, 0.15) is 0 Å². The lowest BCUT2D eigenvalue weighted by molar-refractivity contribution is 0.236. The molecular formula is C12H17NO3. The van der Waals surface area contributed by atoms with Gasteiger partial charge in [-0.2, -0.15) is 0 Å². The van der Waals surface area contributed by atoms with Gasteiger partial charge < -0.3 is 20.3 Å². The summed E-state index contributed by atoms with van der Waals surface area (Å²) in [5.41, 5.74) is 1.04. The van der Waals surface area contributed by atoms with E-state index in [9.17, 15) is 5.11 Å². The Morgan fingerprint density at radius 2 is 2.31 bits per heavy atom. The van der Waals surface area contributed by atoms with E-state index in [-0.39, 0.29) is 18.4 Å². The molecule has 4 nitrogen and oxygen atoms in total. The Kier molecular flexibility index (Phi) is 3.31. The normalized spacial score (nSPS) is 24.6. The number of aromatic hydroxyl groups is 1. The van der Waals surface area contributed by atoms with Gasteiger partial charge in [-0.25, -0.2) is 0 Å². The number of hydrogen-bond donors (Lipinski definition) is 3. The summed E-state index contributed by atoms with van der Waals surface area (Å²) in [4.78, 5) is 0. The first-order valence-corrected chi connectivity index (χ1v) is 5.45. The lowest BCUT2D eigenvalue weighted by Gasteiger charge is -2.12. The number of hydrogen-bond acceptors (Lipinski definition) is 4. The first kappa shape index (κ1) is 11.2. The van der Waals surface area contributed by atoms with Crippen LogP contribution in [0.15, 0.2) is 18.2 Å². The Morgan fingerprint density at radius 1 is 1.50 bits per heavy atom. The predicted octanol–water partition coefficient (Wildman–Crippen LogP) is 1.04. The van der Waals surface area contributed by atoms with Crippen molar-refractivity contribution in [3.63, 3.8) is 0 Å². The van der Waals surface area contributed by atoms with Crippen molar-refractivity contribution in [3.05, 3.63) is 23.8 Å². The van der Waals surface area contributed by atoms with E-state index in [1.807, 2.05) is 6.07 Å². The van der Waals surface area contributed by atoms with Crippen LogP contribution in [0.3, 0.4) is 0 Å². The van der Waals surface area contributed by atoms with Crippen LogP contribution in [-0.2, 0) is 0 Å².